The van der Waals surface area contributed by atoms with E-state index in [2.05, 4.69) is 25.7 Å². The minimum absolute atomic E-state index is 0.0121. The van der Waals surface area contributed by atoms with Crippen LogP contribution in [0.15, 0.2) is 18.2 Å². The number of hydrogen-bond donors (Lipinski definition) is 1. The maximum atomic E-state index is 14.0. The van der Waals surface area contributed by atoms with Crippen LogP contribution in [0.2, 0.25) is 0 Å². The summed E-state index contributed by atoms with van der Waals surface area (Å²) < 4.78 is 14.0. The summed E-state index contributed by atoms with van der Waals surface area (Å²) in [5.41, 5.74) is 6.77. The Hall–Kier alpha value is -1.44. The first-order valence-corrected chi connectivity index (χ1v) is 7.03. The number of nitrogens with zero attached hydrogens (tertiary/aromatic N) is 2. The van der Waals surface area contributed by atoms with Crippen molar-refractivity contribution in [1.82, 2.24) is 4.90 Å². The molecule has 0 saturated carbocycles. The molecule has 4 heteroatoms. The maximum absolute atomic E-state index is 14.0. The van der Waals surface area contributed by atoms with Crippen molar-refractivity contribution >= 4 is 0 Å². The number of nitrogens with two attached hydrogens (primary N) is 1. The quantitative estimate of drug-likeness (QED) is 0.833. The summed E-state index contributed by atoms with van der Waals surface area (Å²) in [6.07, 6.45) is 1.01. The van der Waals surface area contributed by atoms with Crippen LogP contribution in [-0.4, -0.2) is 24.5 Å². The highest BCUT2D eigenvalue weighted by Gasteiger charge is 2.20. The molecule has 20 heavy (non-hydrogen) atoms. The first kappa shape index (κ1) is 16.6. The van der Waals surface area contributed by atoms with E-state index in [0.717, 1.165) is 19.5 Å². The summed E-state index contributed by atoms with van der Waals surface area (Å²) in [5, 5.41) is 8.76. The Morgan fingerprint density at radius 1 is 1.40 bits per heavy atom. The predicted octanol–water partition coefficient (Wildman–Crippen LogP) is 2.89. The Bertz CT molecular complexity index is 477. The molecule has 0 fully saturated rings. The van der Waals surface area contributed by atoms with Crippen molar-refractivity contribution in [2.24, 2.45) is 11.1 Å². The van der Waals surface area contributed by atoms with Gasteiger partial charge in [0.05, 0.1) is 11.6 Å². The van der Waals surface area contributed by atoms with Gasteiger partial charge < -0.3 is 5.73 Å². The van der Waals surface area contributed by atoms with Crippen LogP contribution in [0.1, 0.15) is 38.3 Å². The summed E-state index contributed by atoms with van der Waals surface area (Å²) >= 11 is 0. The van der Waals surface area contributed by atoms with Crippen LogP contribution >= 0.6 is 0 Å². The SMILES string of the molecule is CCCN(Cc1ccc(C#N)cc1F)CC(C)(C)CN. The van der Waals surface area contributed by atoms with Gasteiger partial charge in [-0.25, -0.2) is 4.39 Å². The smallest absolute Gasteiger partial charge is 0.129 e. The van der Waals surface area contributed by atoms with E-state index < -0.39 is 0 Å². The molecule has 1 rings (SSSR count). The third kappa shape index (κ3) is 4.92. The molecule has 0 amide bonds. The van der Waals surface area contributed by atoms with E-state index in [1.165, 1.54) is 6.07 Å². The Labute approximate surface area is 121 Å². The van der Waals surface area contributed by atoms with Gasteiger partial charge in [-0.05, 0) is 37.1 Å². The Morgan fingerprint density at radius 3 is 2.60 bits per heavy atom. The molecule has 0 radical (unpaired) electrons. The Balaban J connectivity index is 2.83. The second-order valence-corrected chi connectivity index (χ2v) is 6.00. The first-order chi connectivity index (χ1) is 9.41. The lowest BCUT2D eigenvalue weighted by atomic mass is 9.92. The predicted molar refractivity (Wildman–Crippen MR) is 79.5 cm³/mol. The minimum Gasteiger partial charge on any atom is -0.330 e. The highest BCUT2D eigenvalue weighted by Crippen LogP contribution is 2.19. The number of rotatable bonds is 7. The topological polar surface area (TPSA) is 53.0 Å². The molecule has 110 valence electrons. The fraction of sp³-hybridized carbons (Fsp3) is 0.562. The van der Waals surface area contributed by atoms with Gasteiger partial charge in [0.25, 0.3) is 0 Å². The molecule has 0 aromatic heterocycles. The van der Waals surface area contributed by atoms with E-state index in [0.29, 0.717) is 24.2 Å². The lowest BCUT2D eigenvalue weighted by Crippen LogP contribution is -2.39. The van der Waals surface area contributed by atoms with Gasteiger partial charge in [0.1, 0.15) is 5.82 Å². The number of halogens is 1. The molecular weight excluding hydrogens is 253 g/mol. The molecule has 0 saturated heterocycles. The molecule has 2 N–H and O–H groups in total. The van der Waals surface area contributed by atoms with Crippen LogP contribution in [-0.2, 0) is 6.54 Å². The second kappa shape index (κ2) is 7.37. The molecule has 3 nitrogen and oxygen atoms in total. The summed E-state index contributed by atoms with van der Waals surface area (Å²) in [4.78, 5) is 2.22. The van der Waals surface area contributed by atoms with Gasteiger partial charge in [0, 0.05) is 18.7 Å². The zero-order chi connectivity index (χ0) is 15.2. The second-order valence-electron chi connectivity index (χ2n) is 6.00. The van der Waals surface area contributed by atoms with Crippen LogP contribution in [0.3, 0.4) is 0 Å². The average Bonchev–Trinajstić information content (AvgIpc) is 2.41. The normalized spacial score (nSPS) is 11.7. The minimum atomic E-state index is -0.310. The summed E-state index contributed by atoms with van der Waals surface area (Å²) in [7, 11) is 0. The van der Waals surface area contributed by atoms with Crippen molar-refractivity contribution in [2.75, 3.05) is 19.6 Å². The zero-order valence-electron chi connectivity index (χ0n) is 12.6. The molecule has 0 spiro atoms. The monoisotopic (exact) mass is 277 g/mol. The van der Waals surface area contributed by atoms with Gasteiger partial charge in [-0.15, -0.1) is 0 Å². The fourth-order valence-corrected chi connectivity index (χ4v) is 2.19. The van der Waals surface area contributed by atoms with E-state index in [-0.39, 0.29) is 11.2 Å². The highest BCUT2D eigenvalue weighted by molar-refractivity contribution is 5.32. The van der Waals surface area contributed by atoms with Crippen molar-refractivity contribution in [1.29, 1.82) is 5.26 Å². The average molecular weight is 277 g/mol. The van der Waals surface area contributed by atoms with Crippen molar-refractivity contribution in [3.05, 3.63) is 35.1 Å². The Kier molecular flexibility index (Phi) is 6.12. The third-order valence-electron chi connectivity index (χ3n) is 3.32. The molecule has 1 aromatic rings. The summed E-state index contributed by atoms with van der Waals surface area (Å²) in [6, 6.07) is 6.61. The van der Waals surface area contributed by atoms with E-state index in [1.54, 1.807) is 12.1 Å². The molecular formula is C16H24FN3. The largest absolute Gasteiger partial charge is 0.330 e. The van der Waals surface area contributed by atoms with Crippen molar-refractivity contribution < 1.29 is 4.39 Å². The van der Waals surface area contributed by atoms with Gasteiger partial charge >= 0.3 is 0 Å². The number of hydrogen-bond acceptors (Lipinski definition) is 3. The van der Waals surface area contributed by atoms with Crippen LogP contribution in [0.25, 0.3) is 0 Å². The molecule has 0 atom stereocenters. The van der Waals surface area contributed by atoms with Crippen LogP contribution in [0.5, 0.6) is 0 Å². The van der Waals surface area contributed by atoms with Crippen molar-refractivity contribution in [2.45, 2.75) is 33.7 Å². The molecule has 0 bridgehead atoms. The molecule has 0 aliphatic carbocycles. The van der Waals surface area contributed by atoms with Crippen LogP contribution in [0.4, 0.5) is 4.39 Å². The van der Waals surface area contributed by atoms with E-state index >= 15 is 0 Å². The fourth-order valence-electron chi connectivity index (χ4n) is 2.19. The maximum Gasteiger partial charge on any atom is 0.129 e. The van der Waals surface area contributed by atoms with E-state index in [4.69, 9.17) is 11.0 Å². The lowest BCUT2D eigenvalue weighted by molar-refractivity contribution is 0.174. The van der Waals surface area contributed by atoms with Gasteiger partial charge in [-0.2, -0.15) is 5.26 Å². The zero-order valence-corrected chi connectivity index (χ0v) is 12.6. The van der Waals surface area contributed by atoms with Crippen LogP contribution in [0, 0.1) is 22.6 Å². The highest BCUT2D eigenvalue weighted by atomic mass is 19.1. The van der Waals surface area contributed by atoms with E-state index in [1.807, 2.05) is 6.07 Å². The lowest BCUT2D eigenvalue weighted by Gasteiger charge is -2.31. The third-order valence-corrected chi connectivity index (χ3v) is 3.32. The van der Waals surface area contributed by atoms with E-state index in [9.17, 15) is 4.39 Å². The molecule has 1 aromatic carbocycles. The first-order valence-electron chi connectivity index (χ1n) is 7.03. The summed E-state index contributed by atoms with van der Waals surface area (Å²) in [6.45, 7) is 9.23. The standard InChI is InChI=1S/C16H24FN3/c1-4-7-20(12-16(2,3)11-19)10-14-6-5-13(9-18)8-15(14)17/h5-6,8H,4,7,10-12,19H2,1-3H3. The number of benzene rings is 1. The molecule has 0 aliphatic rings. The molecule has 0 aliphatic heterocycles. The molecule has 0 unspecified atom stereocenters. The van der Waals surface area contributed by atoms with Gasteiger partial charge in [0.2, 0.25) is 0 Å². The number of nitriles is 1. The van der Waals surface area contributed by atoms with Crippen molar-refractivity contribution in [3.8, 4) is 6.07 Å². The van der Waals surface area contributed by atoms with Crippen molar-refractivity contribution in [3.63, 3.8) is 0 Å². The Morgan fingerprint density at radius 2 is 2.10 bits per heavy atom. The van der Waals surface area contributed by atoms with Gasteiger partial charge in [-0.1, -0.05) is 26.8 Å². The molecule has 0 heterocycles. The van der Waals surface area contributed by atoms with Crippen LogP contribution < -0.4 is 5.73 Å². The summed E-state index contributed by atoms with van der Waals surface area (Å²) in [5.74, 6) is -0.310. The van der Waals surface area contributed by atoms with Gasteiger partial charge in [-0.3, -0.25) is 4.90 Å². The van der Waals surface area contributed by atoms with Gasteiger partial charge in [0.15, 0.2) is 0 Å².